The standard InChI is InChI=1S/C13H15F6N3O3S/c1-8(20-11(2,12(14,15)16)13(17,18)19)21-22-26(23,24)10-6-4-9(25-3)5-7-10/h4-7,20-22H,1H2,2-3H3. The lowest BCUT2D eigenvalue weighted by molar-refractivity contribution is -0.299. The number of benzene rings is 1. The van der Waals surface area contributed by atoms with Crippen LogP contribution >= 0.6 is 0 Å². The fourth-order valence-electron chi connectivity index (χ4n) is 1.58. The molecule has 0 aliphatic heterocycles. The van der Waals surface area contributed by atoms with Crippen molar-refractivity contribution in [1.82, 2.24) is 15.6 Å². The Morgan fingerprint density at radius 2 is 1.50 bits per heavy atom. The first-order valence-electron chi connectivity index (χ1n) is 6.66. The Kier molecular flexibility index (Phi) is 6.09. The Hall–Kier alpha value is -2.15. The SMILES string of the molecule is C=C(NNS(=O)(=O)c1ccc(OC)cc1)NC(C)(C(F)(F)F)C(F)(F)F. The Balaban J connectivity index is 2.87. The van der Waals surface area contributed by atoms with Crippen molar-refractivity contribution in [2.24, 2.45) is 0 Å². The first kappa shape index (κ1) is 21.9. The minimum Gasteiger partial charge on any atom is -0.497 e. The van der Waals surface area contributed by atoms with Crippen molar-refractivity contribution in [3.63, 3.8) is 0 Å². The molecule has 1 rings (SSSR count). The van der Waals surface area contributed by atoms with Gasteiger partial charge in [0.1, 0.15) is 11.6 Å². The van der Waals surface area contributed by atoms with Crippen molar-refractivity contribution < 1.29 is 39.5 Å². The van der Waals surface area contributed by atoms with Gasteiger partial charge < -0.3 is 10.1 Å². The maximum atomic E-state index is 12.8. The van der Waals surface area contributed by atoms with Gasteiger partial charge in [-0.25, -0.2) is 8.42 Å². The summed E-state index contributed by atoms with van der Waals surface area (Å²) in [6.45, 7) is 2.78. The second-order valence-electron chi connectivity index (χ2n) is 5.13. The lowest BCUT2D eigenvalue weighted by Gasteiger charge is -2.36. The summed E-state index contributed by atoms with van der Waals surface area (Å²) in [5.74, 6) is -0.714. The van der Waals surface area contributed by atoms with Crippen LogP contribution in [0, 0.1) is 0 Å². The molecule has 0 heterocycles. The summed E-state index contributed by atoms with van der Waals surface area (Å²) in [5, 5.41) is 1.11. The van der Waals surface area contributed by atoms with Crippen molar-refractivity contribution in [1.29, 1.82) is 0 Å². The summed E-state index contributed by atoms with van der Waals surface area (Å²) >= 11 is 0. The molecule has 0 aliphatic rings. The number of methoxy groups -OCH3 is 1. The molecule has 3 N–H and O–H groups in total. The van der Waals surface area contributed by atoms with Gasteiger partial charge in [0.25, 0.3) is 10.0 Å². The summed E-state index contributed by atoms with van der Waals surface area (Å²) in [5.41, 5.74) is -2.66. The molecule has 148 valence electrons. The molecule has 0 atom stereocenters. The molecule has 1 aromatic rings. The van der Waals surface area contributed by atoms with Gasteiger partial charge in [0.2, 0.25) is 5.54 Å². The molecule has 0 spiro atoms. The molecular formula is C13H15F6N3O3S. The Labute approximate surface area is 145 Å². The van der Waals surface area contributed by atoms with Crippen LogP contribution in [0.15, 0.2) is 41.6 Å². The lowest BCUT2D eigenvalue weighted by Crippen LogP contribution is -2.65. The predicted molar refractivity (Wildman–Crippen MR) is 79.2 cm³/mol. The van der Waals surface area contributed by atoms with Crippen LogP contribution in [0.5, 0.6) is 5.75 Å². The van der Waals surface area contributed by atoms with E-state index in [4.69, 9.17) is 4.74 Å². The molecule has 0 radical (unpaired) electrons. The van der Waals surface area contributed by atoms with Crippen molar-refractivity contribution in [3.8, 4) is 5.75 Å². The van der Waals surface area contributed by atoms with Crippen LogP contribution in [0.2, 0.25) is 0 Å². The number of hydrogen-bond acceptors (Lipinski definition) is 5. The van der Waals surface area contributed by atoms with Gasteiger partial charge in [-0.05, 0) is 31.2 Å². The monoisotopic (exact) mass is 407 g/mol. The van der Waals surface area contributed by atoms with Crippen LogP contribution in [0.1, 0.15) is 6.92 Å². The van der Waals surface area contributed by atoms with E-state index < -0.39 is 33.7 Å². The normalized spacial score (nSPS) is 13.2. The van der Waals surface area contributed by atoms with E-state index in [1.165, 1.54) is 19.2 Å². The smallest absolute Gasteiger partial charge is 0.420 e. The van der Waals surface area contributed by atoms with Gasteiger partial charge in [-0.1, -0.05) is 6.58 Å². The Morgan fingerprint density at radius 3 is 1.88 bits per heavy atom. The van der Waals surface area contributed by atoms with E-state index in [1.54, 1.807) is 10.3 Å². The third-order valence-electron chi connectivity index (χ3n) is 3.24. The zero-order valence-corrected chi connectivity index (χ0v) is 14.2. The maximum Gasteiger partial charge on any atom is 0.420 e. The number of hydrogen-bond donors (Lipinski definition) is 3. The highest BCUT2D eigenvalue weighted by Gasteiger charge is 2.68. The number of halogens is 6. The topological polar surface area (TPSA) is 79.5 Å². The number of hydrazine groups is 1. The zero-order chi connectivity index (χ0) is 20.4. The van der Waals surface area contributed by atoms with Gasteiger partial charge in [0, 0.05) is 0 Å². The summed E-state index contributed by atoms with van der Waals surface area (Å²) in [6.07, 6.45) is -11.4. The van der Waals surface area contributed by atoms with E-state index in [2.05, 4.69) is 6.58 Å². The second kappa shape index (κ2) is 7.23. The molecule has 0 bridgehead atoms. The van der Waals surface area contributed by atoms with Crippen LogP contribution in [-0.4, -0.2) is 33.4 Å². The van der Waals surface area contributed by atoms with Crippen LogP contribution in [0.3, 0.4) is 0 Å². The number of ether oxygens (including phenoxy) is 1. The minimum atomic E-state index is -5.72. The van der Waals surface area contributed by atoms with Crippen LogP contribution in [-0.2, 0) is 10.0 Å². The van der Waals surface area contributed by atoms with Gasteiger partial charge in [0.05, 0.1) is 12.0 Å². The molecule has 0 saturated heterocycles. The van der Waals surface area contributed by atoms with Crippen molar-refractivity contribution in [3.05, 3.63) is 36.7 Å². The quantitative estimate of drug-likeness (QED) is 0.478. The Bertz CT molecular complexity index is 730. The van der Waals surface area contributed by atoms with Crippen molar-refractivity contribution in [2.45, 2.75) is 29.7 Å². The molecular weight excluding hydrogens is 392 g/mol. The van der Waals surface area contributed by atoms with E-state index in [-0.39, 0.29) is 11.8 Å². The molecule has 0 amide bonds. The zero-order valence-electron chi connectivity index (χ0n) is 13.4. The predicted octanol–water partition coefficient (Wildman–Crippen LogP) is 2.42. The number of rotatable bonds is 7. The van der Waals surface area contributed by atoms with Gasteiger partial charge in [-0.15, -0.1) is 4.83 Å². The third kappa shape index (κ3) is 4.72. The van der Waals surface area contributed by atoms with Crippen molar-refractivity contribution in [2.75, 3.05) is 7.11 Å². The summed E-state index contributed by atoms with van der Waals surface area (Å²) < 4.78 is 105. The minimum absolute atomic E-state index is 0.141. The molecule has 0 aliphatic carbocycles. The van der Waals surface area contributed by atoms with Gasteiger partial charge in [0.15, 0.2) is 0 Å². The third-order valence-corrected chi connectivity index (χ3v) is 4.50. The van der Waals surface area contributed by atoms with E-state index in [0.717, 1.165) is 17.4 Å². The van der Waals surface area contributed by atoms with E-state index in [1.807, 2.05) is 0 Å². The van der Waals surface area contributed by atoms with Gasteiger partial charge >= 0.3 is 12.4 Å². The number of sulfonamides is 1. The summed E-state index contributed by atoms with van der Waals surface area (Å²) in [6, 6.07) is 4.83. The largest absolute Gasteiger partial charge is 0.497 e. The first-order valence-corrected chi connectivity index (χ1v) is 8.15. The Morgan fingerprint density at radius 1 is 1.04 bits per heavy atom. The average molecular weight is 407 g/mol. The highest BCUT2D eigenvalue weighted by molar-refractivity contribution is 7.89. The molecule has 13 heteroatoms. The molecule has 26 heavy (non-hydrogen) atoms. The second-order valence-corrected chi connectivity index (χ2v) is 6.81. The molecule has 1 aromatic carbocycles. The van der Waals surface area contributed by atoms with Gasteiger partial charge in [-0.3, -0.25) is 5.43 Å². The fraction of sp³-hybridized carbons (Fsp3) is 0.385. The molecule has 0 aromatic heterocycles. The van der Waals surface area contributed by atoms with E-state index in [0.29, 0.717) is 5.75 Å². The van der Waals surface area contributed by atoms with Crippen LogP contribution in [0.25, 0.3) is 0 Å². The summed E-state index contributed by atoms with van der Waals surface area (Å²) in [7, 11) is -2.94. The maximum absolute atomic E-state index is 12.8. The highest BCUT2D eigenvalue weighted by Crippen LogP contribution is 2.42. The lowest BCUT2D eigenvalue weighted by atomic mass is 10.0. The molecule has 6 nitrogen and oxygen atoms in total. The highest BCUT2D eigenvalue weighted by atomic mass is 32.2. The van der Waals surface area contributed by atoms with Gasteiger partial charge in [-0.2, -0.15) is 26.3 Å². The van der Waals surface area contributed by atoms with Crippen molar-refractivity contribution >= 4 is 10.0 Å². The molecule has 0 fully saturated rings. The average Bonchev–Trinajstić information content (AvgIpc) is 2.51. The molecule has 0 saturated carbocycles. The first-order chi connectivity index (χ1) is 11.6. The fourth-order valence-corrected chi connectivity index (χ4v) is 2.45. The molecule has 0 unspecified atom stereocenters. The number of alkyl halides is 6. The van der Waals surface area contributed by atoms with Crippen LogP contribution in [0.4, 0.5) is 26.3 Å². The van der Waals surface area contributed by atoms with E-state index >= 15 is 0 Å². The summed E-state index contributed by atoms with van der Waals surface area (Å²) in [4.78, 5) is 1.31. The van der Waals surface area contributed by atoms with E-state index in [9.17, 15) is 34.8 Å². The number of nitrogens with one attached hydrogen (secondary N) is 3. The van der Waals surface area contributed by atoms with Crippen LogP contribution < -0.4 is 20.3 Å².